The van der Waals surface area contributed by atoms with E-state index in [1.54, 1.807) is 30.3 Å². The van der Waals surface area contributed by atoms with Crippen LogP contribution >= 0.6 is 23.2 Å². The summed E-state index contributed by atoms with van der Waals surface area (Å²) < 4.78 is 0. The highest BCUT2D eigenvalue weighted by atomic mass is 35.5. The summed E-state index contributed by atoms with van der Waals surface area (Å²) in [5, 5.41) is 18.1. The first-order chi connectivity index (χ1) is 14.3. The number of nitrogens with zero attached hydrogens (tertiary/aromatic N) is 1. The molecule has 0 bridgehead atoms. The standard InChI is InChI=1S/C22H23Cl2N3O3/c1-13-6-2-4-8-18(13)25-20(28)22(30)15-7-3-5-9-19(15)26-21(29)27(22)14-10-11-16(23)17(24)12-14/h3,5,7,9-13,18,30H,2,4,6,8H2,1H3,(H,25,28)(H,26,29)/t13-,18-,22+/m1/s1. The number of carbonyl (C=O) groups excluding carboxylic acids is 2. The molecule has 3 N–H and O–H groups in total. The van der Waals surface area contributed by atoms with Crippen LogP contribution in [0.4, 0.5) is 16.2 Å². The van der Waals surface area contributed by atoms with Gasteiger partial charge in [0.15, 0.2) is 0 Å². The van der Waals surface area contributed by atoms with Gasteiger partial charge >= 0.3 is 6.03 Å². The average Bonchev–Trinajstić information content (AvgIpc) is 2.72. The Hall–Kier alpha value is -2.28. The Morgan fingerprint density at radius 2 is 1.90 bits per heavy atom. The van der Waals surface area contributed by atoms with E-state index >= 15 is 0 Å². The van der Waals surface area contributed by atoms with Gasteiger partial charge in [-0.2, -0.15) is 0 Å². The molecule has 30 heavy (non-hydrogen) atoms. The van der Waals surface area contributed by atoms with Crippen molar-refractivity contribution in [2.24, 2.45) is 5.92 Å². The van der Waals surface area contributed by atoms with Crippen LogP contribution in [0, 0.1) is 5.92 Å². The number of hydrogen-bond acceptors (Lipinski definition) is 3. The van der Waals surface area contributed by atoms with Crippen LogP contribution in [-0.4, -0.2) is 23.1 Å². The van der Waals surface area contributed by atoms with Crippen molar-refractivity contribution in [1.29, 1.82) is 0 Å². The fourth-order valence-electron chi connectivity index (χ4n) is 4.29. The van der Waals surface area contributed by atoms with Crippen molar-refractivity contribution in [3.63, 3.8) is 0 Å². The molecule has 158 valence electrons. The highest BCUT2D eigenvalue weighted by Crippen LogP contribution is 2.41. The largest absolute Gasteiger partial charge is 0.359 e. The molecule has 1 fully saturated rings. The van der Waals surface area contributed by atoms with Gasteiger partial charge in [-0.25, -0.2) is 4.79 Å². The van der Waals surface area contributed by atoms with Crippen LogP contribution < -0.4 is 15.5 Å². The molecule has 0 saturated heterocycles. The highest BCUT2D eigenvalue weighted by Gasteiger charge is 2.52. The van der Waals surface area contributed by atoms with Crippen molar-refractivity contribution in [2.45, 2.75) is 44.4 Å². The molecule has 1 heterocycles. The number of carbonyl (C=O) groups is 2. The van der Waals surface area contributed by atoms with E-state index in [9.17, 15) is 14.7 Å². The number of hydrogen-bond donors (Lipinski definition) is 3. The summed E-state index contributed by atoms with van der Waals surface area (Å²) >= 11 is 12.2. The van der Waals surface area contributed by atoms with Gasteiger partial charge in [0.05, 0.1) is 21.4 Å². The molecule has 1 saturated carbocycles. The van der Waals surface area contributed by atoms with Gasteiger partial charge in [0.1, 0.15) is 0 Å². The molecule has 4 rings (SSSR count). The van der Waals surface area contributed by atoms with E-state index in [-0.39, 0.29) is 28.2 Å². The Balaban J connectivity index is 1.80. The molecular weight excluding hydrogens is 425 g/mol. The van der Waals surface area contributed by atoms with Gasteiger partial charge < -0.3 is 15.7 Å². The van der Waals surface area contributed by atoms with Crippen LogP contribution in [0.5, 0.6) is 0 Å². The third-order valence-corrected chi connectivity index (χ3v) is 6.72. The number of halogens is 2. The van der Waals surface area contributed by atoms with Crippen molar-refractivity contribution < 1.29 is 14.7 Å². The Kier molecular flexibility index (Phi) is 5.66. The molecule has 0 spiro atoms. The number of fused-ring (bicyclic) bond motifs is 1. The minimum Gasteiger partial charge on any atom is -0.359 e. The number of rotatable bonds is 3. The van der Waals surface area contributed by atoms with Crippen molar-refractivity contribution in [3.05, 3.63) is 58.1 Å². The fraction of sp³-hybridized carbons (Fsp3) is 0.364. The summed E-state index contributed by atoms with van der Waals surface area (Å²) in [6.45, 7) is 2.09. The molecular formula is C22H23Cl2N3O3. The number of nitrogens with one attached hydrogen (secondary N) is 2. The predicted octanol–water partition coefficient (Wildman–Crippen LogP) is 4.89. The maximum absolute atomic E-state index is 13.5. The van der Waals surface area contributed by atoms with Crippen LogP contribution in [-0.2, 0) is 10.5 Å². The number of para-hydroxylation sites is 1. The summed E-state index contributed by atoms with van der Waals surface area (Å²) in [6, 6.07) is 10.5. The van der Waals surface area contributed by atoms with Crippen molar-refractivity contribution in [3.8, 4) is 0 Å². The van der Waals surface area contributed by atoms with Crippen LogP contribution in [0.3, 0.4) is 0 Å². The summed E-state index contributed by atoms with van der Waals surface area (Å²) in [4.78, 5) is 27.6. The summed E-state index contributed by atoms with van der Waals surface area (Å²) in [6.07, 6.45) is 3.99. The number of benzene rings is 2. The molecule has 0 unspecified atom stereocenters. The Morgan fingerprint density at radius 1 is 1.17 bits per heavy atom. The van der Waals surface area contributed by atoms with Crippen molar-refractivity contribution >= 4 is 46.5 Å². The summed E-state index contributed by atoms with van der Waals surface area (Å²) in [5.74, 6) is -0.355. The van der Waals surface area contributed by atoms with E-state index in [0.29, 0.717) is 10.7 Å². The highest BCUT2D eigenvalue weighted by molar-refractivity contribution is 6.42. The van der Waals surface area contributed by atoms with E-state index in [2.05, 4.69) is 17.6 Å². The van der Waals surface area contributed by atoms with E-state index in [1.165, 1.54) is 12.1 Å². The van der Waals surface area contributed by atoms with Gasteiger partial charge in [0.25, 0.3) is 11.6 Å². The van der Waals surface area contributed by atoms with Gasteiger partial charge in [-0.05, 0) is 43.0 Å². The first kappa shape index (κ1) is 21.0. The summed E-state index contributed by atoms with van der Waals surface area (Å²) in [5.41, 5.74) is -1.32. The lowest BCUT2D eigenvalue weighted by molar-refractivity contribution is -0.141. The second-order valence-corrected chi connectivity index (χ2v) is 8.74. The number of urea groups is 1. The lowest BCUT2D eigenvalue weighted by Crippen LogP contribution is -2.64. The Morgan fingerprint density at radius 3 is 2.63 bits per heavy atom. The molecule has 2 aromatic carbocycles. The van der Waals surface area contributed by atoms with Gasteiger partial charge in [-0.3, -0.25) is 9.69 Å². The second-order valence-electron chi connectivity index (χ2n) is 7.92. The monoisotopic (exact) mass is 447 g/mol. The Labute approximate surface area is 185 Å². The molecule has 2 aromatic rings. The minimum atomic E-state index is -2.24. The van der Waals surface area contributed by atoms with E-state index < -0.39 is 17.7 Å². The van der Waals surface area contributed by atoms with Crippen molar-refractivity contribution in [1.82, 2.24) is 5.32 Å². The quantitative estimate of drug-likeness (QED) is 0.626. The molecule has 2 aliphatic rings. The molecule has 0 aromatic heterocycles. The summed E-state index contributed by atoms with van der Waals surface area (Å²) in [7, 11) is 0. The maximum atomic E-state index is 13.5. The average molecular weight is 448 g/mol. The van der Waals surface area contributed by atoms with Crippen LogP contribution in [0.1, 0.15) is 38.2 Å². The zero-order chi connectivity index (χ0) is 21.5. The lowest BCUT2D eigenvalue weighted by Gasteiger charge is -2.44. The first-order valence-electron chi connectivity index (χ1n) is 10.0. The number of anilines is 2. The van der Waals surface area contributed by atoms with E-state index in [0.717, 1.165) is 30.6 Å². The normalized spacial score (nSPS) is 26.0. The number of aliphatic hydroxyl groups is 1. The predicted molar refractivity (Wildman–Crippen MR) is 118 cm³/mol. The fourth-order valence-corrected chi connectivity index (χ4v) is 4.58. The molecule has 8 heteroatoms. The minimum absolute atomic E-state index is 0.0666. The molecule has 3 atom stereocenters. The van der Waals surface area contributed by atoms with Crippen molar-refractivity contribution in [2.75, 3.05) is 10.2 Å². The van der Waals surface area contributed by atoms with Crippen LogP contribution in [0.15, 0.2) is 42.5 Å². The van der Waals surface area contributed by atoms with E-state index in [4.69, 9.17) is 23.2 Å². The molecule has 1 aliphatic carbocycles. The molecule has 3 amide bonds. The van der Waals surface area contributed by atoms with E-state index in [1.807, 2.05) is 0 Å². The number of amides is 3. The first-order valence-corrected chi connectivity index (χ1v) is 10.8. The zero-order valence-corrected chi connectivity index (χ0v) is 18.0. The topological polar surface area (TPSA) is 81.7 Å². The second kappa shape index (κ2) is 8.10. The third kappa shape index (κ3) is 3.53. The van der Waals surface area contributed by atoms with Gasteiger partial charge in [0.2, 0.25) is 0 Å². The zero-order valence-electron chi connectivity index (χ0n) is 16.5. The maximum Gasteiger partial charge on any atom is 0.329 e. The van der Waals surface area contributed by atoms with Gasteiger partial charge in [-0.1, -0.05) is 61.2 Å². The van der Waals surface area contributed by atoms with Crippen LogP contribution in [0.2, 0.25) is 10.0 Å². The molecule has 1 aliphatic heterocycles. The van der Waals surface area contributed by atoms with Crippen LogP contribution in [0.25, 0.3) is 0 Å². The lowest BCUT2D eigenvalue weighted by atomic mass is 9.85. The molecule has 6 nitrogen and oxygen atoms in total. The van der Waals surface area contributed by atoms with Gasteiger partial charge in [0, 0.05) is 11.6 Å². The third-order valence-electron chi connectivity index (χ3n) is 5.98. The SMILES string of the molecule is C[C@@H]1CCCC[C@H]1NC(=O)[C@@]1(O)c2ccccc2NC(=O)N1c1ccc(Cl)c(Cl)c1. The molecule has 0 radical (unpaired) electrons. The Bertz CT molecular complexity index is 999. The van der Waals surface area contributed by atoms with Gasteiger partial charge in [-0.15, -0.1) is 0 Å². The smallest absolute Gasteiger partial charge is 0.329 e.